The minimum Gasteiger partial charge on any atom is -0.394 e. The number of hydrogen-bond donors (Lipinski definition) is 5. The summed E-state index contributed by atoms with van der Waals surface area (Å²) in [4.78, 5) is 27.3. The van der Waals surface area contributed by atoms with E-state index in [0.29, 0.717) is 0 Å². The van der Waals surface area contributed by atoms with Gasteiger partial charge < -0.3 is 25.0 Å². The maximum absolute atomic E-state index is 11.9. The number of rotatable bonds is 4. The number of nitrogens with zero attached hydrogens (tertiary/aromatic N) is 1. The lowest BCUT2D eigenvalue weighted by molar-refractivity contribution is -0.103. The Labute approximate surface area is 118 Å². The van der Waals surface area contributed by atoms with E-state index in [1.807, 2.05) is 11.1 Å². The molecule has 1 fully saturated rings. The van der Waals surface area contributed by atoms with Gasteiger partial charge in [0.25, 0.3) is 5.56 Å². The van der Waals surface area contributed by atoms with Gasteiger partial charge in [0.05, 0.1) is 18.2 Å². The fraction of sp³-hybridized carbons (Fsp3) is 0.583. The van der Waals surface area contributed by atoms with Crippen molar-refractivity contribution in [3.8, 4) is 6.07 Å². The molecule has 9 nitrogen and oxygen atoms in total. The molecule has 2 heterocycles. The molecule has 1 aromatic rings. The van der Waals surface area contributed by atoms with Gasteiger partial charge in [-0.2, -0.15) is 5.26 Å². The van der Waals surface area contributed by atoms with Crippen LogP contribution in [0.5, 0.6) is 0 Å². The Morgan fingerprint density at radius 2 is 2.14 bits per heavy atom. The molecule has 0 amide bonds. The Balaban J connectivity index is 2.55. The van der Waals surface area contributed by atoms with Crippen molar-refractivity contribution in [2.75, 3.05) is 6.61 Å². The summed E-state index contributed by atoms with van der Waals surface area (Å²) >= 11 is 0. The lowest BCUT2D eigenvalue weighted by Crippen LogP contribution is -2.45. The van der Waals surface area contributed by atoms with E-state index in [1.54, 1.807) is 0 Å². The van der Waals surface area contributed by atoms with Crippen LogP contribution in [0.4, 0.5) is 0 Å². The fourth-order valence-electron chi connectivity index (χ4n) is 2.56. The minimum absolute atomic E-state index is 0.0551. The number of nitriles is 1. The molecule has 2 rings (SSSR count). The molecular formula is C12H15N3O6. The maximum atomic E-state index is 11.9. The average Bonchev–Trinajstić information content (AvgIpc) is 2.70. The zero-order chi connectivity index (χ0) is 15.6. The van der Waals surface area contributed by atoms with Gasteiger partial charge in [0.15, 0.2) is 0 Å². The van der Waals surface area contributed by atoms with Crippen LogP contribution in [0.3, 0.4) is 0 Å². The van der Waals surface area contributed by atoms with E-state index in [4.69, 9.17) is 15.1 Å². The van der Waals surface area contributed by atoms with E-state index in [1.165, 1.54) is 0 Å². The van der Waals surface area contributed by atoms with Gasteiger partial charge >= 0.3 is 5.69 Å². The second-order valence-corrected chi connectivity index (χ2v) is 4.81. The molecule has 1 aromatic heterocycles. The van der Waals surface area contributed by atoms with Crippen molar-refractivity contribution < 1.29 is 20.1 Å². The van der Waals surface area contributed by atoms with Crippen LogP contribution in [0.1, 0.15) is 18.4 Å². The van der Waals surface area contributed by atoms with E-state index >= 15 is 0 Å². The molecule has 1 aliphatic heterocycles. The van der Waals surface area contributed by atoms with Crippen LogP contribution in [0.25, 0.3) is 0 Å². The Morgan fingerprint density at radius 1 is 1.43 bits per heavy atom. The fourth-order valence-corrected chi connectivity index (χ4v) is 2.56. The average molecular weight is 297 g/mol. The van der Waals surface area contributed by atoms with Crippen molar-refractivity contribution in [1.82, 2.24) is 9.97 Å². The van der Waals surface area contributed by atoms with Gasteiger partial charge in [-0.25, -0.2) is 4.79 Å². The van der Waals surface area contributed by atoms with E-state index < -0.39 is 41.8 Å². The van der Waals surface area contributed by atoms with Crippen molar-refractivity contribution in [2.24, 2.45) is 0 Å². The number of H-pyrrole nitrogens is 2. The van der Waals surface area contributed by atoms with Crippen molar-refractivity contribution in [1.29, 1.82) is 5.26 Å². The number of aliphatic hydroxyl groups excluding tert-OH is 3. The number of aliphatic hydroxyl groups is 3. The van der Waals surface area contributed by atoms with Gasteiger partial charge in [-0.15, -0.1) is 0 Å². The molecule has 114 valence electrons. The quantitative estimate of drug-likeness (QED) is 0.417. The number of hydrogen-bond acceptors (Lipinski definition) is 7. The second kappa shape index (κ2) is 5.79. The van der Waals surface area contributed by atoms with Crippen LogP contribution >= 0.6 is 0 Å². The highest BCUT2D eigenvalue weighted by atomic mass is 16.6. The van der Waals surface area contributed by atoms with E-state index in [-0.39, 0.29) is 18.4 Å². The lowest BCUT2D eigenvalue weighted by atomic mass is 9.84. The zero-order valence-corrected chi connectivity index (χ0v) is 10.9. The molecule has 0 saturated carbocycles. The standard InChI is InChI=1S/C12H15N3O6/c13-3-1-2-12(6-4-14-11(20)15-10(6)19)9(18)8(17)7(5-16)21-12/h4,7-9,16-18H,1-2,5H2,(H2,14,15,19,20)/t7-,8-,9-,12+/m1/s1. The smallest absolute Gasteiger partial charge is 0.325 e. The second-order valence-electron chi connectivity index (χ2n) is 4.81. The third-order valence-corrected chi connectivity index (χ3v) is 3.61. The predicted octanol–water partition coefficient (Wildman–Crippen LogP) is -2.32. The van der Waals surface area contributed by atoms with Crippen LogP contribution in [0, 0.1) is 11.3 Å². The molecule has 1 saturated heterocycles. The molecule has 0 spiro atoms. The van der Waals surface area contributed by atoms with E-state index in [2.05, 4.69) is 4.98 Å². The first-order valence-corrected chi connectivity index (χ1v) is 6.30. The summed E-state index contributed by atoms with van der Waals surface area (Å²) in [6.07, 6.45) is -3.08. The van der Waals surface area contributed by atoms with Gasteiger partial charge in [0.2, 0.25) is 0 Å². The largest absolute Gasteiger partial charge is 0.394 e. The molecular weight excluding hydrogens is 282 g/mol. The highest BCUT2D eigenvalue weighted by Gasteiger charge is 2.55. The topological polar surface area (TPSA) is 159 Å². The third-order valence-electron chi connectivity index (χ3n) is 3.61. The third kappa shape index (κ3) is 2.50. The summed E-state index contributed by atoms with van der Waals surface area (Å²) in [6, 6.07) is 1.87. The SMILES string of the molecule is N#CCC[C@@]1(c2c[nH]c(=O)[nH]c2=O)O[C@H](CO)[C@@H](O)[C@H]1O. The van der Waals surface area contributed by atoms with Crippen LogP contribution < -0.4 is 11.2 Å². The van der Waals surface area contributed by atoms with Crippen molar-refractivity contribution in [3.05, 3.63) is 32.6 Å². The summed E-state index contributed by atoms with van der Waals surface area (Å²) < 4.78 is 5.49. The van der Waals surface area contributed by atoms with Gasteiger partial charge in [-0.05, 0) is 6.42 Å². The van der Waals surface area contributed by atoms with Gasteiger partial charge in [-0.1, -0.05) is 0 Å². The number of ether oxygens (including phenoxy) is 1. The summed E-state index contributed by atoms with van der Waals surface area (Å²) in [5.74, 6) is 0. The normalized spacial score (nSPS) is 32.0. The first-order chi connectivity index (χ1) is 9.96. The van der Waals surface area contributed by atoms with Gasteiger partial charge in [-0.3, -0.25) is 9.78 Å². The van der Waals surface area contributed by atoms with Gasteiger partial charge in [0.1, 0.15) is 23.9 Å². The molecule has 0 aromatic carbocycles. The number of aromatic nitrogens is 2. The van der Waals surface area contributed by atoms with Gasteiger partial charge in [0, 0.05) is 12.6 Å². The first kappa shape index (κ1) is 15.4. The van der Waals surface area contributed by atoms with Crippen LogP contribution in [-0.2, 0) is 10.3 Å². The van der Waals surface area contributed by atoms with Crippen molar-refractivity contribution in [3.63, 3.8) is 0 Å². The Kier molecular flexibility index (Phi) is 4.24. The summed E-state index contributed by atoms with van der Waals surface area (Å²) in [7, 11) is 0. The lowest BCUT2D eigenvalue weighted by Gasteiger charge is -2.30. The Morgan fingerprint density at radius 3 is 2.67 bits per heavy atom. The van der Waals surface area contributed by atoms with Crippen molar-refractivity contribution >= 4 is 0 Å². The summed E-state index contributed by atoms with van der Waals surface area (Å²) in [6.45, 7) is -0.562. The minimum atomic E-state index is -1.67. The summed E-state index contributed by atoms with van der Waals surface area (Å²) in [5.41, 5.74) is -3.30. The Hall–Kier alpha value is -1.99. The van der Waals surface area contributed by atoms with Crippen LogP contribution in [0.15, 0.2) is 15.8 Å². The monoisotopic (exact) mass is 297 g/mol. The van der Waals surface area contributed by atoms with Crippen molar-refractivity contribution in [2.45, 2.75) is 36.8 Å². The molecule has 0 aliphatic carbocycles. The molecule has 21 heavy (non-hydrogen) atoms. The molecule has 0 bridgehead atoms. The molecule has 9 heteroatoms. The molecule has 0 unspecified atom stereocenters. The number of aromatic amines is 2. The zero-order valence-electron chi connectivity index (χ0n) is 10.9. The molecule has 4 atom stereocenters. The summed E-state index contributed by atoms with van der Waals surface area (Å²) in [5, 5.41) is 38.0. The highest BCUT2D eigenvalue weighted by Crippen LogP contribution is 2.41. The van der Waals surface area contributed by atoms with Crippen LogP contribution in [-0.4, -0.2) is 50.2 Å². The van der Waals surface area contributed by atoms with E-state index in [0.717, 1.165) is 6.20 Å². The highest BCUT2D eigenvalue weighted by molar-refractivity contribution is 5.22. The molecule has 5 N–H and O–H groups in total. The van der Waals surface area contributed by atoms with E-state index in [9.17, 15) is 19.8 Å². The molecule has 1 aliphatic rings. The predicted molar refractivity (Wildman–Crippen MR) is 68.2 cm³/mol. The maximum Gasteiger partial charge on any atom is 0.325 e. The number of nitrogens with one attached hydrogen (secondary N) is 2. The first-order valence-electron chi connectivity index (χ1n) is 6.30. The molecule has 0 radical (unpaired) electrons. The van der Waals surface area contributed by atoms with Crippen LogP contribution in [0.2, 0.25) is 0 Å². The Bertz CT molecular complexity index is 662.